The molecule has 8 atom stereocenters. The average molecular weight is 393 g/mol. The molecule has 4 heteroatoms. The summed E-state index contributed by atoms with van der Waals surface area (Å²) in [6, 6.07) is 0. The van der Waals surface area contributed by atoms with E-state index in [0.717, 1.165) is 51.4 Å². The molecule has 4 aliphatic carbocycles. The number of ether oxygens (including phenoxy) is 1. The second kappa shape index (κ2) is 6.28. The molecular weight excluding hydrogens is 355 g/mol. The molecule has 158 valence electrons. The van der Waals surface area contributed by atoms with Gasteiger partial charge in [-0.3, -0.25) is 9.59 Å². The Bertz CT molecular complexity index is 691. The molecule has 4 saturated carbocycles. The Balaban J connectivity index is 1.58. The maximum atomic E-state index is 15.8. The van der Waals surface area contributed by atoms with Gasteiger partial charge in [0.15, 0.2) is 11.5 Å². The SMILES string of the molecule is CC(=O)O[C@]1(C)CC[C@@]2(C)C(CC[C@@H]3[C@@H]2CC[C@@]2(C)[C@H]3CC[C@]2(F)C(C)=O)C1. The van der Waals surface area contributed by atoms with E-state index in [-0.39, 0.29) is 22.8 Å². The molecule has 0 spiro atoms. The van der Waals surface area contributed by atoms with Crippen molar-refractivity contribution in [2.45, 2.75) is 104 Å². The van der Waals surface area contributed by atoms with Gasteiger partial charge in [-0.05, 0) is 101 Å². The van der Waals surface area contributed by atoms with E-state index >= 15 is 4.39 Å². The molecule has 4 fully saturated rings. The lowest BCUT2D eigenvalue weighted by Gasteiger charge is -2.62. The summed E-state index contributed by atoms with van der Waals surface area (Å²) >= 11 is 0. The van der Waals surface area contributed by atoms with Crippen LogP contribution >= 0.6 is 0 Å². The molecular formula is C24H37FO3. The minimum atomic E-state index is -1.62. The topological polar surface area (TPSA) is 43.4 Å². The van der Waals surface area contributed by atoms with Crippen molar-refractivity contribution in [3.05, 3.63) is 0 Å². The number of fused-ring (bicyclic) bond motifs is 5. The van der Waals surface area contributed by atoms with Crippen molar-refractivity contribution in [3.63, 3.8) is 0 Å². The van der Waals surface area contributed by atoms with E-state index in [1.54, 1.807) is 0 Å². The van der Waals surface area contributed by atoms with E-state index in [4.69, 9.17) is 4.74 Å². The van der Waals surface area contributed by atoms with Crippen LogP contribution in [0.1, 0.15) is 92.4 Å². The number of halogens is 1. The maximum Gasteiger partial charge on any atom is 0.303 e. The smallest absolute Gasteiger partial charge is 0.303 e. The van der Waals surface area contributed by atoms with E-state index in [1.165, 1.54) is 13.8 Å². The molecule has 0 N–H and O–H groups in total. The average Bonchev–Trinajstić information content (AvgIpc) is 2.88. The third-order valence-electron chi connectivity index (χ3n) is 9.98. The Hall–Kier alpha value is -0.930. The van der Waals surface area contributed by atoms with Crippen LogP contribution in [0.15, 0.2) is 0 Å². The first-order valence-corrected chi connectivity index (χ1v) is 11.3. The van der Waals surface area contributed by atoms with Crippen molar-refractivity contribution in [2.24, 2.45) is 34.5 Å². The van der Waals surface area contributed by atoms with Crippen molar-refractivity contribution < 1.29 is 18.7 Å². The molecule has 1 unspecified atom stereocenters. The molecule has 3 nitrogen and oxygen atoms in total. The van der Waals surface area contributed by atoms with Crippen LogP contribution in [0.2, 0.25) is 0 Å². The normalized spacial score (nSPS) is 52.9. The standard InChI is InChI=1S/C24H37FO3/c1-15(26)24(25)11-9-20-18-7-6-17-14-21(3,28-16(2)27)12-13-22(17,4)19(18)8-10-23(20,24)5/h17-20H,6-14H2,1-5H3/t17?,18-,19+,20+,21-,22+,23+,24+/m1/s1. The van der Waals surface area contributed by atoms with E-state index in [1.807, 2.05) is 0 Å². The predicted octanol–water partition coefficient (Wildman–Crippen LogP) is 5.65. The van der Waals surface area contributed by atoms with E-state index in [2.05, 4.69) is 20.8 Å². The molecule has 4 aliphatic rings. The summed E-state index contributed by atoms with van der Waals surface area (Å²) in [4.78, 5) is 23.8. The minimum Gasteiger partial charge on any atom is -0.460 e. The predicted molar refractivity (Wildman–Crippen MR) is 106 cm³/mol. The number of carbonyl (C=O) groups is 2. The lowest BCUT2D eigenvalue weighted by Crippen LogP contribution is -2.58. The number of alkyl halides is 1. The molecule has 0 radical (unpaired) electrons. The van der Waals surface area contributed by atoms with Crippen molar-refractivity contribution in [1.29, 1.82) is 0 Å². The van der Waals surface area contributed by atoms with Crippen LogP contribution in [-0.4, -0.2) is 23.0 Å². The Morgan fingerprint density at radius 1 is 0.893 bits per heavy atom. The summed E-state index contributed by atoms with van der Waals surface area (Å²) in [5.41, 5.74) is -2.19. The van der Waals surface area contributed by atoms with Crippen LogP contribution < -0.4 is 0 Å². The molecule has 0 saturated heterocycles. The number of rotatable bonds is 2. The third kappa shape index (κ3) is 2.65. The number of ketones is 1. The van der Waals surface area contributed by atoms with Gasteiger partial charge in [-0.25, -0.2) is 4.39 Å². The number of Topliss-reactive ketones (excluding diaryl/α,β-unsaturated/α-hetero) is 1. The molecule has 0 aromatic carbocycles. The van der Waals surface area contributed by atoms with Gasteiger partial charge in [-0.2, -0.15) is 0 Å². The molecule has 0 aliphatic heterocycles. The maximum absolute atomic E-state index is 15.8. The quantitative estimate of drug-likeness (QED) is 0.571. The van der Waals surface area contributed by atoms with Crippen molar-refractivity contribution in [2.75, 3.05) is 0 Å². The molecule has 28 heavy (non-hydrogen) atoms. The molecule has 0 bridgehead atoms. The van der Waals surface area contributed by atoms with Crippen LogP contribution in [0.4, 0.5) is 4.39 Å². The largest absolute Gasteiger partial charge is 0.460 e. The van der Waals surface area contributed by atoms with E-state index in [0.29, 0.717) is 30.1 Å². The van der Waals surface area contributed by atoms with Gasteiger partial charge in [0, 0.05) is 12.3 Å². The summed E-state index contributed by atoms with van der Waals surface area (Å²) in [6.07, 6.45) is 8.37. The molecule has 0 heterocycles. The van der Waals surface area contributed by atoms with Gasteiger partial charge in [0.05, 0.1) is 0 Å². The van der Waals surface area contributed by atoms with Gasteiger partial charge in [-0.15, -0.1) is 0 Å². The van der Waals surface area contributed by atoms with Gasteiger partial charge in [-0.1, -0.05) is 13.8 Å². The number of hydrogen-bond donors (Lipinski definition) is 0. The zero-order chi connectivity index (χ0) is 20.5. The summed E-state index contributed by atoms with van der Waals surface area (Å²) < 4.78 is 21.5. The van der Waals surface area contributed by atoms with Crippen LogP contribution in [0.3, 0.4) is 0 Å². The Morgan fingerprint density at radius 3 is 2.21 bits per heavy atom. The zero-order valence-electron chi connectivity index (χ0n) is 18.3. The Morgan fingerprint density at radius 2 is 1.57 bits per heavy atom. The van der Waals surface area contributed by atoms with E-state index in [9.17, 15) is 9.59 Å². The van der Waals surface area contributed by atoms with Gasteiger partial charge in [0.1, 0.15) is 5.60 Å². The third-order valence-corrected chi connectivity index (χ3v) is 9.98. The lowest BCUT2D eigenvalue weighted by molar-refractivity contribution is -0.182. The number of carbonyl (C=O) groups excluding carboxylic acids is 2. The lowest BCUT2D eigenvalue weighted by atomic mass is 9.43. The van der Waals surface area contributed by atoms with Crippen LogP contribution in [0.5, 0.6) is 0 Å². The second-order valence-corrected chi connectivity index (χ2v) is 11.3. The first kappa shape index (κ1) is 20.3. The molecule has 4 rings (SSSR count). The highest BCUT2D eigenvalue weighted by molar-refractivity contribution is 5.86. The molecule has 0 aromatic rings. The first-order chi connectivity index (χ1) is 13.0. The second-order valence-electron chi connectivity index (χ2n) is 11.3. The van der Waals surface area contributed by atoms with Crippen molar-refractivity contribution in [3.8, 4) is 0 Å². The highest BCUT2D eigenvalue weighted by Gasteiger charge is 2.67. The molecule has 0 amide bonds. The fraction of sp³-hybridized carbons (Fsp3) is 0.917. The van der Waals surface area contributed by atoms with Crippen molar-refractivity contribution in [1.82, 2.24) is 0 Å². The van der Waals surface area contributed by atoms with Crippen LogP contribution in [-0.2, 0) is 14.3 Å². The Labute approximate surface area is 169 Å². The van der Waals surface area contributed by atoms with E-state index < -0.39 is 11.1 Å². The highest BCUT2D eigenvalue weighted by Crippen LogP contribution is 2.69. The van der Waals surface area contributed by atoms with Gasteiger partial charge in [0.2, 0.25) is 0 Å². The summed E-state index contributed by atoms with van der Waals surface area (Å²) in [5, 5.41) is 0. The summed E-state index contributed by atoms with van der Waals surface area (Å²) in [5.74, 6) is 1.61. The monoisotopic (exact) mass is 392 g/mol. The van der Waals surface area contributed by atoms with Gasteiger partial charge >= 0.3 is 5.97 Å². The Kier molecular flexibility index (Phi) is 4.57. The number of hydrogen-bond acceptors (Lipinski definition) is 3. The van der Waals surface area contributed by atoms with Crippen LogP contribution in [0.25, 0.3) is 0 Å². The van der Waals surface area contributed by atoms with Gasteiger partial charge < -0.3 is 4.74 Å². The number of esters is 1. The molecule has 0 aromatic heterocycles. The highest BCUT2D eigenvalue weighted by atomic mass is 19.1. The van der Waals surface area contributed by atoms with Gasteiger partial charge in [0.25, 0.3) is 0 Å². The zero-order valence-corrected chi connectivity index (χ0v) is 18.3. The van der Waals surface area contributed by atoms with Crippen molar-refractivity contribution >= 4 is 11.8 Å². The first-order valence-electron chi connectivity index (χ1n) is 11.3. The fourth-order valence-corrected chi connectivity index (χ4v) is 8.42. The fourth-order valence-electron chi connectivity index (χ4n) is 8.42. The van der Waals surface area contributed by atoms with Crippen LogP contribution in [0, 0.1) is 34.5 Å². The summed E-state index contributed by atoms with van der Waals surface area (Å²) in [6.45, 7) is 9.58. The summed E-state index contributed by atoms with van der Waals surface area (Å²) in [7, 11) is 0. The minimum absolute atomic E-state index is 0.178.